The summed E-state index contributed by atoms with van der Waals surface area (Å²) in [6, 6.07) is 0. The van der Waals surface area contributed by atoms with Gasteiger partial charge in [-0.15, -0.1) is 0 Å². The van der Waals surface area contributed by atoms with Gasteiger partial charge in [0.15, 0.2) is 0 Å². The summed E-state index contributed by atoms with van der Waals surface area (Å²) in [5.74, 6) is 0.490. The summed E-state index contributed by atoms with van der Waals surface area (Å²) in [6.07, 6.45) is 9.76. The number of rotatable bonds is 2. The van der Waals surface area contributed by atoms with Gasteiger partial charge < -0.3 is 5.11 Å². The second kappa shape index (κ2) is 4.85. The van der Waals surface area contributed by atoms with Gasteiger partial charge in [-0.3, -0.25) is 0 Å². The van der Waals surface area contributed by atoms with Gasteiger partial charge in [0.25, 0.3) is 0 Å². The molecule has 0 unspecified atom stereocenters. The molecular formula is C13H18O. The third kappa shape index (κ3) is 3.25. The first-order valence-corrected chi connectivity index (χ1v) is 5.00. The van der Waals surface area contributed by atoms with E-state index in [9.17, 15) is 5.11 Å². The van der Waals surface area contributed by atoms with Crippen molar-refractivity contribution in [3.63, 3.8) is 0 Å². The summed E-state index contributed by atoms with van der Waals surface area (Å²) in [5.41, 5.74) is 3.91. The molecule has 0 radical (unpaired) electrons. The number of aliphatic hydroxyl groups is 1. The van der Waals surface area contributed by atoms with Crippen LogP contribution < -0.4 is 0 Å². The van der Waals surface area contributed by atoms with E-state index in [0.29, 0.717) is 5.76 Å². The van der Waals surface area contributed by atoms with Gasteiger partial charge in [-0.2, -0.15) is 0 Å². The van der Waals surface area contributed by atoms with Crippen molar-refractivity contribution in [2.45, 2.75) is 33.6 Å². The Balaban J connectivity index is 2.76. The van der Waals surface area contributed by atoms with Crippen LogP contribution in [0.15, 0.2) is 46.8 Å². The van der Waals surface area contributed by atoms with E-state index in [4.69, 9.17) is 0 Å². The van der Waals surface area contributed by atoms with Crippen molar-refractivity contribution in [3.8, 4) is 0 Å². The molecular weight excluding hydrogens is 172 g/mol. The molecule has 0 fully saturated rings. The molecule has 1 aliphatic rings. The van der Waals surface area contributed by atoms with Crippen molar-refractivity contribution in [1.29, 1.82) is 0 Å². The van der Waals surface area contributed by atoms with Gasteiger partial charge in [0.2, 0.25) is 0 Å². The van der Waals surface area contributed by atoms with Crippen LogP contribution in [0.5, 0.6) is 0 Å². The molecule has 0 saturated heterocycles. The quantitative estimate of drug-likeness (QED) is 0.651. The Kier molecular flexibility index (Phi) is 3.75. The van der Waals surface area contributed by atoms with Crippen molar-refractivity contribution in [2.75, 3.05) is 0 Å². The zero-order valence-electron chi connectivity index (χ0n) is 9.17. The molecule has 1 aliphatic carbocycles. The monoisotopic (exact) mass is 190 g/mol. The Morgan fingerprint density at radius 1 is 1.14 bits per heavy atom. The molecule has 0 saturated carbocycles. The molecule has 0 atom stereocenters. The molecule has 1 heteroatoms. The van der Waals surface area contributed by atoms with E-state index in [1.165, 1.54) is 16.7 Å². The third-order valence-corrected chi connectivity index (χ3v) is 2.30. The van der Waals surface area contributed by atoms with Crippen molar-refractivity contribution < 1.29 is 5.11 Å². The summed E-state index contributed by atoms with van der Waals surface area (Å²) in [6.45, 7) is 6.29. The molecule has 0 amide bonds. The van der Waals surface area contributed by atoms with E-state index >= 15 is 0 Å². The molecule has 14 heavy (non-hydrogen) atoms. The average Bonchev–Trinajstić information content (AvgIpc) is 2.15. The molecule has 76 valence electrons. The van der Waals surface area contributed by atoms with Gasteiger partial charge in [0, 0.05) is 6.42 Å². The van der Waals surface area contributed by atoms with Gasteiger partial charge in [0.1, 0.15) is 0 Å². The standard InChI is InChI=1S/C13H18O/c1-10(2)4-5-11(3)12-6-8-13(14)9-7-12/h4-6,8,14H,7,9H2,1-3H3/b11-5+. The van der Waals surface area contributed by atoms with E-state index in [-0.39, 0.29) is 0 Å². The maximum atomic E-state index is 9.21. The molecule has 1 rings (SSSR count). The highest BCUT2D eigenvalue weighted by atomic mass is 16.3. The molecule has 0 aromatic rings. The van der Waals surface area contributed by atoms with E-state index in [0.717, 1.165) is 12.8 Å². The average molecular weight is 190 g/mol. The van der Waals surface area contributed by atoms with Crippen LogP contribution in [0.1, 0.15) is 33.6 Å². The lowest BCUT2D eigenvalue weighted by molar-refractivity contribution is 0.386. The highest BCUT2D eigenvalue weighted by Gasteiger charge is 2.05. The maximum absolute atomic E-state index is 9.21. The fourth-order valence-electron chi connectivity index (χ4n) is 1.35. The van der Waals surface area contributed by atoms with Crippen LogP contribution in [0.4, 0.5) is 0 Å². The normalized spacial score (nSPS) is 17.2. The lowest BCUT2D eigenvalue weighted by Crippen LogP contribution is -1.93. The van der Waals surface area contributed by atoms with Gasteiger partial charge in [-0.25, -0.2) is 0 Å². The molecule has 1 N–H and O–H groups in total. The van der Waals surface area contributed by atoms with Gasteiger partial charge in [-0.05, 0) is 44.4 Å². The minimum atomic E-state index is 0.490. The zero-order chi connectivity index (χ0) is 10.6. The van der Waals surface area contributed by atoms with Gasteiger partial charge in [0.05, 0.1) is 5.76 Å². The van der Waals surface area contributed by atoms with E-state index in [2.05, 4.69) is 32.9 Å². The highest BCUT2D eigenvalue weighted by Crippen LogP contribution is 2.22. The van der Waals surface area contributed by atoms with Crippen LogP contribution in [-0.2, 0) is 0 Å². The van der Waals surface area contributed by atoms with E-state index in [1.54, 1.807) is 6.08 Å². The number of allylic oxidation sites excluding steroid dienone is 8. The van der Waals surface area contributed by atoms with E-state index in [1.807, 2.05) is 6.08 Å². The molecule has 0 spiro atoms. The van der Waals surface area contributed by atoms with Crippen molar-refractivity contribution in [3.05, 3.63) is 46.8 Å². The maximum Gasteiger partial charge on any atom is 0.0926 e. The first-order chi connectivity index (χ1) is 6.59. The fraction of sp³-hybridized carbons (Fsp3) is 0.385. The molecule has 0 heterocycles. The van der Waals surface area contributed by atoms with Crippen LogP contribution >= 0.6 is 0 Å². The Labute approximate surface area is 86.1 Å². The second-order valence-corrected chi connectivity index (χ2v) is 3.94. The lowest BCUT2D eigenvalue weighted by atomic mass is 9.97. The molecule has 0 aromatic carbocycles. The van der Waals surface area contributed by atoms with Crippen LogP contribution in [0.3, 0.4) is 0 Å². The predicted molar refractivity (Wildman–Crippen MR) is 61.2 cm³/mol. The molecule has 0 aromatic heterocycles. The van der Waals surface area contributed by atoms with Crippen molar-refractivity contribution in [1.82, 2.24) is 0 Å². The topological polar surface area (TPSA) is 20.2 Å². The number of aliphatic hydroxyl groups excluding tert-OH is 1. The summed E-state index contributed by atoms with van der Waals surface area (Å²) in [5, 5.41) is 9.21. The van der Waals surface area contributed by atoms with Crippen LogP contribution in [-0.4, -0.2) is 5.11 Å². The minimum Gasteiger partial charge on any atom is -0.512 e. The Morgan fingerprint density at radius 3 is 2.36 bits per heavy atom. The molecule has 0 aliphatic heterocycles. The van der Waals surface area contributed by atoms with Crippen LogP contribution in [0.2, 0.25) is 0 Å². The largest absolute Gasteiger partial charge is 0.512 e. The van der Waals surface area contributed by atoms with Gasteiger partial charge >= 0.3 is 0 Å². The predicted octanol–water partition coefficient (Wildman–Crippen LogP) is 4.06. The zero-order valence-corrected chi connectivity index (χ0v) is 9.17. The first-order valence-electron chi connectivity index (χ1n) is 5.00. The first kappa shape index (κ1) is 10.8. The third-order valence-electron chi connectivity index (χ3n) is 2.30. The molecule has 0 bridgehead atoms. The van der Waals surface area contributed by atoms with Crippen LogP contribution in [0, 0.1) is 0 Å². The van der Waals surface area contributed by atoms with Gasteiger partial charge in [-0.1, -0.05) is 23.8 Å². The summed E-state index contributed by atoms with van der Waals surface area (Å²) in [7, 11) is 0. The minimum absolute atomic E-state index is 0.490. The number of hydrogen-bond donors (Lipinski definition) is 1. The van der Waals surface area contributed by atoms with Crippen molar-refractivity contribution in [2.24, 2.45) is 0 Å². The Hall–Kier alpha value is -1.24. The lowest BCUT2D eigenvalue weighted by Gasteiger charge is -2.11. The van der Waals surface area contributed by atoms with E-state index < -0.39 is 0 Å². The fourth-order valence-corrected chi connectivity index (χ4v) is 1.35. The van der Waals surface area contributed by atoms with Crippen LogP contribution in [0.25, 0.3) is 0 Å². The smallest absolute Gasteiger partial charge is 0.0926 e. The number of hydrogen-bond acceptors (Lipinski definition) is 1. The second-order valence-electron chi connectivity index (χ2n) is 3.94. The SMILES string of the molecule is CC(C)=C/C=C(\C)C1=CC=C(O)CC1. The molecule has 1 nitrogen and oxygen atoms in total. The highest BCUT2D eigenvalue weighted by molar-refractivity contribution is 5.37. The Bertz CT molecular complexity index is 323. The summed E-state index contributed by atoms with van der Waals surface area (Å²) in [4.78, 5) is 0. The summed E-state index contributed by atoms with van der Waals surface area (Å²) < 4.78 is 0. The Morgan fingerprint density at radius 2 is 1.86 bits per heavy atom. The van der Waals surface area contributed by atoms with Crippen molar-refractivity contribution >= 4 is 0 Å². The summed E-state index contributed by atoms with van der Waals surface area (Å²) >= 11 is 0.